The molecule has 0 aromatic carbocycles. The van der Waals surface area contributed by atoms with Crippen LogP contribution in [0.3, 0.4) is 0 Å². The monoisotopic (exact) mass is 1330 g/mol. The summed E-state index contributed by atoms with van der Waals surface area (Å²) < 4.78 is 29.8. The van der Waals surface area contributed by atoms with Crippen molar-refractivity contribution in [3.05, 3.63) is 59.3 Å². The molecule has 6 saturated carbocycles. The summed E-state index contributed by atoms with van der Waals surface area (Å²) >= 11 is 0. The van der Waals surface area contributed by atoms with Gasteiger partial charge in [0.2, 0.25) is 0 Å². The van der Waals surface area contributed by atoms with Gasteiger partial charge in [-0.15, -0.1) is 0 Å². The van der Waals surface area contributed by atoms with Gasteiger partial charge in [0.15, 0.2) is 0 Å². The molecule has 4 atom stereocenters. The van der Waals surface area contributed by atoms with Gasteiger partial charge in [-0.25, -0.2) is 0 Å². The van der Waals surface area contributed by atoms with Gasteiger partial charge in [0.25, 0.3) is 0 Å². The van der Waals surface area contributed by atoms with Gasteiger partial charge >= 0.3 is 29.8 Å². The highest BCUT2D eigenvalue weighted by atomic mass is 16.6. The molecule has 95 heavy (non-hydrogen) atoms. The molecule has 7 aliphatic carbocycles. The van der Waals surface area contributed by atoms with Crippen LogP contribution in [0, 0.1) is 44.8 Å². The van der Waals surface area contributed by atoms with Crippen molar-refractivity contribution < 1.29 is 57.6 Å². The first-order chi connectivity index (χ1) is 44.5. The molecule has 0 radical (unpaired) electrons. The highest BCUT2D eigenvalue weighted by Crippen LogP contribution is 2.49. The Morgan fingerprint density at radius 2 is 0.884 bits per heavy atom. The van der Waals surface area contributed by atoms with Crippen LogP contribution in [-0.4, -0.2) is 75.9 Å². The first kappa shape index (κ1) is 84.9. The third-order valence-corrected chi connectivity index (χ3v) is 22.9. The van der Waals surface area contributed by atoms with Gasteiger partial charge in [0.1, 0.15) is 34.3 Å². The predicted octanol–water partition coefficient (Wildman–Crippen LogP) is 21.6. The van der Waals surface area contributed by atoms with E-state index in [4.69, 9.17) is 23.7 Å². The third kappa shape index (κ3) is 25.4. The number of carbonyl (C=O) groups is 6. The molecule has 0 aromatic heterocycles. The van der Waals surface area contributed by atoms with Crippen molar-refractivity contribution in [2.75, 3.05) is 6.61 Å². The maximum atomic E-state index is 12.5. The van der Waals surface area contributed by atoms with E-state index in [1.54, 1.807) is 0 Å². The zero-order chi connectivity index (χ0) is 71.6. The molecule has 0 aliphatic heterocycles. The number of hydrogen-bond acceptors (Lipinski definition) is 12. The Hall–Kier alpha value is -4.32. The van der Waals surface area contributed by atoms with Crippen molar-refractivity contribution in [2.24, 2.45) is 44.8 Å². The number of esters is 5. The molecule has 544 valence electrons. The van der Waals surface area contributed by atoms with Crippen molar-refractivity contribution in [1.29, 1.82) is 0 Å². The Kier molecular flexibility index (Phi) is 34.2. The summed E-state index contributed by atoms with van der Waals surface area (Å²) in [7, 11) is 0. The van der Waals surface area contributed by atoms with E-state index in [9.17, 15) is 33.9 Å². The van der Waals surface area contributed by atoms with Crippen LogP contribution in [0.5, 0.6) is 0 Å². The number of ether oxygens (including phenoxy) is 5. The molecule has 6 fully saturated rings. The van der Waals surface area contributed by atoms with Gasteiger partial charge < -0.3 is 33.6 Å². The zero-order valence-corrected chi connectivity index (χ0v) is 64.3. The van der Waals surface area contributed by atoms with Crippen molar-refractivity contribution in [1.82, 2.24) is 0 Å². The van der Waals surface area contributed by atoms with Gasteiger partial charge in [0, 0.05) is 18.3 Å². The van der Waals surface area contributed by atoms with Gasteiger partial charge in [-0.2, -0.15) is 0 Å². The summed E-state index contributed by atoms with van der Waals surface area (Å²) in [6, 6.07) is 0. The van der Waals surface area contributed by atoms with Crippen LogP contribution in [0.4, 0.5) is 0 Å². The van der Waals surface area contributed by atoms with E-state index in [0.717, 1.165) is 166 Å². The minimum Gasteiger partial charge on any atom is -0.454 e. The smallest absolute Gasteiger partial charge is 0.312 e. The Morgan fingerprint density at radius 3 is 1.29 bits per heavy atom. The zero-order valence-electron chi connectivity index (χ0n) is 64.3. The van der Waals surface area contributed by atoms with E-state index in [1.807, 2.05) is 129 Å². The van der Waals surface area contributed by atoms with E-state index in [0.29, 0.717) is 6.42 Å². The van der Waals surface area contributed by atoms with E-state index in [1.165, 1.54) is 68.1 Å². The number of allylic oxidation sites excluding steroid dienone is 5. The molecule has 7 rings (SSSR count). The number of aliphatic hydroxyl groups is 1. The van der Waals surface area contributed by atoms with E-state index < -0.39 is 22.0 Å². The summed E-state index contributed by atoms with van der Waals surface area (Å²) in [5, 5.41) is 9.72. The maximum absolute atomic E-state index is 12.5. The van der Waals surface area contributed by atoms with E-state index in [2.05, 4.69) is 52.0 Å². The lowest BCUT2D eigenvalue weighted by molar-refractivity contribution is -0.172. The van der Waals surface area contributed by atoms with Crippen molar-refractivity contribution in [2.45, 2.75) is 378 Å². The predicted molar refractivity (Wildman–Crippen MR) is 388 cm³/mol. The molecule has 0 aromatic rings. The van der Waals surface area contributed by atoms with E-state index in [-0.39, 0.29) is 81.3 Å². The molecule has 7 aliphatic rings. The van der Waals surface area contributed by atoms with Crippen molar-refractivity contribution >= 4 is 36.1 Å². The molecule has 0 saturated heterocycles. The molecular weight excluding hydrogens is 1190 g/mol. The standard InChI is InChI=1S/C18H30O2.C17H28O3.C17H30O2.C16H26O3.C15H26O2/c1-4-17(2,3)16(19)20-18(12-8-5-9-13-18)14-15-10-6-7-11-15;1-4-16(2,3)15(19)20-17(13-8-5-6-9-13)11-7-10-14(17)12-18;1-7-16(5,6)15(18)19-17(12-13(2)3)10-8-14(4)9-11-17;1-5-9-16(10-7-8-13(11-16)12-17)19-14(18)15(3,4)6-2;1-5-10-15(11-8-7-9-12-15)17-13(16)14(3,4)6-2/h14H,4-13H2,1-3H3;8,14,18H,4-7,9-12H2,1-3H3;12,14H,7-11H2,1-6H3;5,9,12-13H,6-8,10-11H2,1-4H3;5,10H,6-9,11-12H2,1-4H3/b;;;9-5+;10-5+. The first-order valence-electron chi connectivity index (χ1n) is 38.1. The van der Waals surface area contributed by atoms with Crippen molar-refractivity contribution in [3.8, 4) is 0 Å². The van der Waals surface area contributed by atoms with Crippen LogP contribution in [0.1, 0.15) is 350 Å². The molecule has 4 unspecified atom stereocenters. The molecule has 0 heterocycles. The minimum absolute atomic E-state index is 0.00230. The van der Waals surface area contributed by atoms with Crippen LogP contribution in [0.15, 0.2) is 59.3 Å². The largest absolute Gasteiger partial charge is 0.454 e. The van der Waals surface area contributed by atoms with Gasteiger partial charge in [0.05, 0.1) is 33.7 Å². The summed E-state index contributed by atoms with van der Waals surface area (Å²) in [6.07, 6.45) is 49.4. The van der Waals surface area contributed by atoms with Crippen LogP contribution < -0.4 is 0 Å². The number of carbonyl (C=O) groups excluding carboxylic acids is 6. The Balaban J connectivity index is 0.000000310. The van der Waals surface area contributed by atoms with Crippen LogP contribution in [0.25, 0.3) is 0 Å². The summed E-state index contributed by atoms with van der Waals surface area (Å²) in [5.41, 5.74) is -0.0860. The maximum Gasteiger partial charge on any atom is 0.312 e. The quantitative estimate of drug-likeness (QED) is 0.0472. The van der Waals surface area contributed by atoms with Crippen molar-refractivity contribution in [3.63, 3.8) is 0 Å². The molecule has 1 N–H and O–H groups in total. The molecule has 0 bridgehead atoms. The lowest BCUT2D eigenvalue weighted by Gasteiger charge is -2.39. The number of aliphatic hydroxyl groups excluding tert-OH is 1. The topological polar surface area (TPSA) is 169 Å². The first-order valence-corrected chi connectivity index (χ1v) is 38.1. The summed E-state index contributed by atoms with van der Waals surface area (Å²) in [4.78, 5) is 72.9. The van der Waals surface area contributed by atoms with Gasteiger partial charge in [-0.3, -0.25) is 24.0 Å². The van der Waals surface area contributed by atoms with Crippen LogP contribution in [-0.2, 0) is 52.5 Å². The van der Waals surface area contributed by atoms with E-state index >= 15 is 0 Å². The Labute approximate surface area is 580 Å². The average Bonchev–Trinajstić information content (AvgIpc) is 1.65. The normalized spacial score (nSPS) is 26.1. The Morgan fingerprint density at radius 1 is 0.484 bits per heavy atom. The number of hydrogen-bond donors (Lipinski definition) is 1. The molecular formula is C83H140O12. The lowest BCUT2D eigenvalue weighted by Crippen LogP contribution is -2.45. The fourth-order valence-corrected chi connectivity index (χ4v) is 13.9. The fraction of sp³-hybridized carbons (Fsp3) is 0.807. The highest BCUT2D eigenvalue weighted by molar-refractivity contribution is 5.78. The molecule has 12 heteroatoms. The average molecular weight is 1330 g/mol. The molecule has 0 amide bonds. The van der Waals surface area contributed by atoms with Gasteiger partial charge in [-0.05, 0) is 325 Å². The van der Waals surface area contributed by atoms with Crippen LogP contribution in [0.2, 0.25) is 0 Å². The Bertz CT molecular complexity index is 2550. The minimum atomic E-state index is -0.581. The SMILES string of the molecule is C/C=C/C1(OC(=O)C(C)(C)CC)CCCC(C=O)C1.C/C=C/C1(OC(=O)C(C)(C)CC)CCCCC1.CCC(C)(C)C(=O)OC1(C2=CCCC2)CCCC1CO.CCC(C)(C)C(=O)OC1(C=C(C)C)CCC(C)CC1.CCC(C)(C)C(=O)OC1(C=C2CCCC2)CCCCC1. The second-order valence-corrected chi connectivity index (χ2v) is 33.2. The summed E-state index contributed by atoms with van der Waals surface area (Å²) in [6.45, 7) is 40.1. The molecule has 0 spiro atoms. The second-order valence-electron chi connectivity index (χ2n) is 33.2. The highest BCUT2D eigenvalue weighted by Gasteiger charge is 2.51. The summed E-state index contributed by atoms with van der Waals surface area (Å²) in [5.74, 6) is 0.411. The lowest BCUT2D eigenvalue weighted by atomic mass is 9.78. The molecule has 12 nitrogen and oxygen atoms in total. The number of aldehydes is 1. The second kappa shape index (κ2) is 38.3. The number of rotatable bonds is 22. The van der Waals surface area contributed by atoms with Gasteiger partial charge in [-0.1, -0.05) is 83.8 Å². The third-order valence-electron chi connectivity index (χ3n) is 22.9. The van der Waals surface area contributed by atoms with Crippen LogP contribution >= 0.6 is 0 Å². The fourth-order valence-electron chi connectivity index (χ4n) is 13.9.